The molecular weight excluding hydrogens is 424 g/mol. The van der Waals surface area contributed by atoms with E-state index >= 15 is 0 Å². The van der Waals surface area contributed by atoms with Crippen molar-refractivity contribution < 1.29 is 18.3 Å². The van der Waals surface area contributed by atoms with Crippen LogP contribution in [0.4, 0.5) is 10.5 Å². The maximum absolute atomic E-state index is 13.0. The normalized spacial score (nSPS) is 11.8. The summed E-state index contributed by atoms with van der Waals surface area (Å²) in [6.07, 6.45) is 9.60. The van der Waals surface area contributed by atoms with Crippen LogP contribution in [0.2, 0.25) is 0 Å². The molecule has 0 bridgehead atoms. The van der Waals surface area contributed by atoms with Crippen molar-refractivity contribution in [1.82, 2.24) is 4.31 Å². The maximum atomic E-state index is 13.0. The van der Waals surface area contributed by atoms with Crippen LogP contribution in [0, 0.1) is 0 Å². The molecule has 1 aromatic rings. The number of nitrogens with zero attached hydrogens (tertiary/aromatic N) is 1. The Labute approximate surface area is 196 Å². The first-order valence-electron chi connectivity index (χ1n) is 12.3. The average Bonchev–Trinajstić information content (AvgIpc) is 2.71. The molecule has 0 radical (unpaired) electrons. The summed E-state index contributed by atoms with van der Waals surface area (Å²) in [6, 6.07) is 5.70. The maximum Gasteiger partial charge on any atom is 0.422 e. The molecular formula is C25H44N2O4S. The van der Waals surface area contributed by atoms with Crippen LogP contribution in [-0.4, -0.2) is 30.5 Å². The number of para-hydroxylation sites is 1. The van der Waals surface area contributed by atoms with Crippen molar-refractivity contribution in [2.75, 3.05) is 11.3 Å². The van der Waals surface area contributed by atoms with E-state index in [2.05, 4.69) is 11.6 Å². The second-order valence-corrected chi connectivity index (χ2v) is 10.9. The van der Waals surface area contributed by atoms with E-state index in [-0.39, 0.29) is 18.4 Å². The first-order valence-corrected chi connectivity index (χ1v) is 13.7. The predicted molar refractivity (Wildman–Crippen MR) is 134 cm³/mol. The lowest BCUT2D eigenvalue weighted by atomic mass is 9.93. The van der Waals surface area contributed by atoms with E-state index in [4.69, 9.17) is 0 Å². The van der Waals surface area contributed by atoms with Crippen molar-refractivity contribution in [2.24, 2.45) is 0 Å². The minimum atomic E-state index is -4.21. The highest BCUT2D eigenvalue weighted by Crippen LogP contribution is 2.33. The van der Waals surface area contributed by atoms with E-state index in [1.807, 2.05) is 45.9 Å². The first kappa shape index (κ1) is 28.3. The van der Waals surface area contributed by atoms with Crippen molar-refractivity contribution >= 4 is 22.0 Å². The number of nitrogens with one attached hydrogen (secondary N) is 1. The SMILES string of the molecule is CCCCCCCCCCCCN(C(=O)O)S(=O)(=O)Nc1c(C(C)C)cccc1C(C)C. The Morgan fingerprint density at radius 2 is 1.31 bits per heavy atom. The Morgan fingerprint density at radius 3 is 1.72 bits per heavy atom. The van der Waals surface area contributed by atoms with Crippen molar-refractivity contribution in [3.05, 3.63) is 29.3 Å². The molecule has 0 fully saturated rings. The van der Waals surface area contributed by atoms with E-state index in [0.717, 1.165) is 30.4 Å². The summed E-state index contributed by atoms with van der Waals surface area (Å²) in [6.45, 7) is 10.2. The molecule has 6 nitrogen and oxygen atoms in total. The van der Waals surface area contributed by atoms with Crippen molar-refractivity contribution in [2.45, 2.75) is 111 Å². The smallest absolute Gasteiger partial charge is 0.422 e. The van der Waals surface area contributed by atoms with E-state index in [0.29, 0.717) is 16.4 Å². The minimum Gasteiger partial charge on any atom is -0.464 e. The summed E-state index contributed by atoms with van der Waals surface area (Å²) in [7, 11) is -4.21. The Kier molecular flexibility index (Phi) is 12.7. The van der Waals surface area contributed by atoms with Gasteiger partial charge < -0.3 is 5.11 Å². The fraction of sp³-hybridized carbons (Fsp3) is 0.720. The molecule has 0 spiro atoms. The molecule has 32 heavy (non-hydrogen) atoms. The highest BCUT2D eigenvalue weighted by Gasteiger charge is 2.29. The van der Waals surface area contributed by atoms with Crippen LogP contribution in [0.5, 0.6) is 0 Å². The standard InChI is InChI=1S/C25H44N2O4S/c1-6-7-8-9-10-11-12-13-14-15-19-27(25(28)29)32(30,31)26-24-22(20(2)3)17-16-18-23(24)21(4)5/h16-18,20-21,26H,6-15,19H2,1-5H3,(H,28,29). The van der Waals surface area contributed by atoms with Gasteiger partial charge in [-0.15, -0.1) is 0 Å². The van der Waals surface area contributed by atoms with Crippen molar-refractivity contribution in [1.29, 1.82) is 0 Å². The molecule has 0 aromatic heterocycles. The molecule has 7 heteroatoms. The molecule has 184 valence electrons. The molecule has 1 amide bonds. The van der Waals surface area contributed by atoms with Gasteiger partial charge in [0, 0.05) is 6.54 Å². The third-order valence-corrected chi connectivity index (χ3v) is 7.20. The number of anilines is 1. The van der Waals surface area contributed by atoms with Gasteiger partial charge in [-0.05, 0) is 29.4 Å². The molecule has 0 heterocycles. The number of hydrogen-bond acceptors (Lipinski definition) is 3. The van der Waals surface area contributed by atoms with Gasteiger partial charge in [-0.2, -0.15) is 12.7 Å². The third kappa shape index (κ3) is 9.39. The molecule has 0 aliphatic rings. The number of carboxylic acid groups (broad SMARTS) is 1. The number of rotatable bonds is 16. The fourth-order valence-corrected chi connectivity index (χ4v) is 5.09. The van der Waals surface area contributed by atoms with E-state index < -0.39 is 16.3 Å². The zero-order valence-electron chi connectivity index (χ0n) is 20.7. The van der Waals surface area contributed by atoms with Gasteiger partial charge in [0.25, 0.3) is 0 Å². The highest BCUT2D eigenvalue weighted by molar-refractivity contribution is 7.90. The molecule has 0 unspecified atom stereocenters. The summed E-state index contributed by atoms with van der Waals surface area (Å²) < 4.78 is 29.2. The van der Waals surface area contributed by atoms with Gasteiger partial charge in [0.2, 0.25) is 0 Å². The third-order valence-electron chi connectivity index (χ3n) is 5.82. The number of amides is 1. The topological polar surface area (TPSA) is 86.7 Å². The zero-order chi connectivity index (χ0) is 24.1. The summed E-state index contributed by atoms with van der Waals surface area (Å²) >= 11 is 0. The van der Waals surface area contributed by atoms with E-state index in [9.17, 15) is 18.3 Å². The Morgan fingerprint density at radius 1 is 0.875 bits per heavy atom. The number of hydrogen-bond donors (Lipinski definition) is 2. The quantitative estimate of drug-likeness (QED) is 0.246. The highest BCUT2D eigenvalue weighted by atomic mass is 32.2. The van der Waals surface area contributed by atoms with Gasteiger partial charge in [-0.3, -0.25) is 4.72 Å². The molecule has 1 aromatic carbocycles. The summed E-state index contributed by atoms with van der Waals surface area (Å²) in [5.41, 5.74) is 2.24. The number of unbranched alkanes of at least 4 members (excludes halogenated alkanes) is 9. The molecule has 0 saturated carbocycles. The molecule has 1 rings (SSSR count). The molecule has 0 aliphatic heterocycles. The Balaban J connectivity index is 2.71. The molecule has 0 atom stereocenters. The van der Waals surface area contributed by atoms with Crippen LogP contribution in [0.1, 0.15) is 122 Å². The average molecular weight is 469 g/mol. The Hall–Kier alpha value is -1.76. The van der Waals surface area contributed by atoms with Crippen molar-refractivity contribution in [3.8, 4) is 0 Å². The van der Waals surface area contributed by atoms with Gasteiger partial charge in [0.1, 0.15) is 0 Å². The Bertz CT molecular complexity index is 765. The van der Waals surface area contributed by atoms with Crippen molar-refractivity contribution in [3.63, 3.8) is 0 Å². The second-order valence-electron chi connectivity index (χ2n) is 9.26. The summed E-state index contributed by atoms with van der Waals surface area (Å²) in [5, 5.41) is 9.59. The van der Waals surface area contributed by atoms with E-state index in [1.54, 1.807) is 0 Å². The van der Waals surface area contributed by atoms with Gasteiger partial charge >= 0.3 is 16.3 Å². The van der Waals surface area contributed by atoms with Gasteiger partial charge in [-0.25, -0.2) is 4.79 Å². The summed E-state index contributed by atoms with van der Waals surface area (Å²) in [5.74, 6) is 0.207. The van der Waals surface area contributed by atoms with Crippen LogP contribution in [0.15, 0.2) is 18.2 Å². The molecule has 0 saturated heterocycles. The van der Waals surface area contributed by atoms with Gasteiger partial charge in [-0.1, -0.05) is 111 Å². The monoisotopic (exact) mass is 468 g/mol. The fourth-order valence-electron chi connectivity index (χ4n) is 3.91. The molecule has 0 aliphatic carbocycles. The van der Waals surface area contributed by atoms with Gasteiger partial charge in [0.05, 0.1) is 5.69 Å². The lowest BCUT2D eigenvalue weighted by molar-refractivity contribution is 0.172. The van der Waals surface area contributed by atoms with Crippen LogP contribution >= 0.6 is 0 Å². The first-order chi connectivity index (χ1) is 15.1. The van der Waals surface area contributed by atoms with Crippen LogP contribution in [0.3, 0.4) is 0 Å². The zero-order valence-corrected chi connectivity index (χ0v) is 21.5. The lowest BCUT2D eigenvalue weighted by Gasteiger charge is -2.24. The van der Waals surface area contributed by atoms with E-state index in [1.165, 1.54) is 38.5 Å². The lowest BCUT2D eigenvalue weighted by Crippen LogP contribution is -2.40. The number of benzene rings is 1. The number of carbonyl (C=O) groups is 1. The predicted octanol–water partition coefficient (Wildman–Crippen LogP) is 7.49. The van der Waals surface area contributed by atoms with Gasteiger partial charge in [0.15, 0.2) is 0 Å². The summed E-state index contributed by atoms with van der Waals surface area (Å²) in [4.78, 5) is 11.8. The minimum absolute atomic E-state index is 0.0258. The second kappa shape index (κ2) is 14.4. The molecule has 2 N–H and O–H groups in total. The van der Waals surface area contributed by atoms with Crippen LogP contribution in [-0.2, 0) is 10.2 Å². The largest absolute Gasteiger partial charge is 0.464 e. The van der Waals surface area contributed by atoms with Crippen LogP contribution in [0.25, 0.3) is 0 Å². The van der Waals surface area contributed by atoms with Crippen LogP contribution < -0.4 is 4.72 Å².